The minimum absolute atomic E-state index is 0.660. The van der Waals surface area contributed by atoms with Crippen molar-refractivity contribution in [3.05, 3.63) is 212 Å². The Hall–Kier alpha value is -8.19. The molecule has 9 aromatic carbocycles. The summed E-state index contributed by atoms with van der Waals surface area (Å²) in [6.07, 6.45) is 0. The van der Waals surface area contributed by atoms with Crippen LogP contribution >= 0.6 is 11.3 Å². The van der Waals surface area contributed by atoms with E-state index in [2.05, 4.69) is 161 Å². The molecule has 0 atom stereocenters. The normalized spacial score (nSPS) is 11.8. The zero-order valence-corrected chi connectivity index (χ0v) is 34.7. The van der Waals surface area contributed by atoms with Crippen LogP contribution in [0.15, 0.2) is 212 Å². The van der Waals surface area contributed by atoms with E-state index in [1.165, 1.54) is 74.9 Å². The summed E-state index contributed by atoms with van der Waals surface area (Å²) in [6, 6.07) is 75.8. The summed E-state index contributed by atoms with van der Waals surface area (Å²) in [7, 11) is 0. The molecule has 6 heteroatoms. The van der Waals surface area contributed by atoms with E-state index >= 15 is 0 Å². The van der Waals surface area contributed by atoms with Gasteiger partial charge in [-0.3, -0.25) is 0 Å². The monoisotopic (exact) mass is 821 g/mol. The smallest absolute Gasteiger partial charge is 0.164 e. The molecule has 13 rings (SSSR count). The average Bonchev–Trinajstić information content (AvgIpc) is 4.01. The van der Waals surface area contributed by atoms with Crippen LogP contribution in [0.3, 0.4) is 0 Å². The van der Waals surface area contributed by atoms with Gasteiger partial charge in [-0.25, -0.2) is 15.0 Å². The van der Waals surface area contributed by atoms with Gasteiger partial charge in [-0.2, -0.15) is 0 Å². The van der Waals surface area contributed by atoms with Crippen molar-refractivity contribution in [1.29, 1.82) is 0 Å². The fraction of sp³-hybridized carbons (Fsp3) is 0. The van der Waals surface area contributed by atoms with Gasteiger partial charge in [0.2, 0.25) is 0 Å². The summed E-state index contributed by atoms with van der Waals surface area (Å²) in [6.45, 7) is 0. The van der Waals surface area contributed by atoms with Crippen LogP contribution in [-0.2, 0) is 0 Å². The Morgan fingerprint density at radius 1 is 0.270 bits per heavy atom. The fourth-order valence-electron chi connectivity index (χ4n) is 9.42. The number of thiophene rings is 1. The lowest BCUT2D eigenvalue weighted by molar-refractivity contribution is 1.07. The van der Waals surface area contributed by atoms with Crippen LogP contribution in [-0.4, -0.2) is 24.1 Å². The molecule has 294 valence electrons. The number of nitrogens with zero attached hydrogens (tertiary/aromatic N) is 5. The van der Waals surface area contributed by atoms with E-state index in [0.717, 1.165) is 28.1 Å². The largest absolute Gasteiger partial charge is 0.309 e. The molecular formula is C57H35N5S. The zero-order chi connectivity index (χ0) is 41.4. The minimum atomic E-state index is 0.660. The van der Waals surface area contributed by atoms with Gasteiger partial charge in [0.1, 0.15) is 0 Å². The molecule has 0 aliphatic heterocycles. The average molecular weight is 822 g/mol. The summed E-state index contributed by atoms with van der Waals surface area (Å²) >= 11 is 1.81. The Morgan fingerprint density at radius 2 is 0.714 bits per heavy atom. The Bertz CT molecular complexity index is 3850. The van der Waals surface area contributed by atoms with Crippen LogP contribution in [0, 0.1) is 0 Å². The van der Waals surface area contributed by atoms with E-state index in [0.29, 0.717) is 17.5 Å². The number of hydrogen-bond acceptors (Lipinski definition) is 4. The van der Waals surface area contributed by atoms with Crippen molar-refractivity contribution in [2.45, 2.75) is 0 Å². The summed E-state index contributed by atoms with van der Waals surface area (Å²) in [5.74, 6) is 1.98. The minimum Gasteiger partial charge on any atom is -0.309 e. The molecule has 0 saturated heterocycles. The molecule has 4 aromatic heterocycles. The van der Waals surface area contributed by atoms with E-state index in [9.17, 15) is 0 Å². The summed E-state index contributed by atoms with van der Waals surface area (Å²) < 4.78 is 7.25. The SMILES string of the molecule is c1ccc(-c2nc(-c3ccccc3)nc(-c3ccc4c(c3)sc3cc(-c5ccc6c7ccccc7n(-c7ccc8c(c7)c7ccccc7n8-c7ccccc7)c6c5)ccc34)n2)cc1. The van der Waals surface area contributed by atoms with Crippen LogP contribution in [0.2, 0.25) is 0 Å². The lowest BCUT2D eigenvalue weighted by atomic mass is 10.0. The summed E-state index contributed by atoms with van der Waals surface area (Å²) in [4.78, 5) is 14.9. The topological polar surface area (TPSA) is 48.5 Å². The van der Waals surface area contributed by atoms with Crippen molar-refractivity contribution < 1.29 is 0 Å². The van der Waals surface area contributed by atoms with Crippen LogP contribution in [0.4, 0.5) is 0 Å². The van der Waals surface area contributed by atoms with Gasteiger partial charge in [0.05, 0.1) is 22.1 Å². The van der Waals surface area contributed by atoms with Crippen molar-refractivity contribution in [2.75, 3.05) is 0 Å². The first-order valence-electron chi connectivity index (χ1n) is 21.2. The number of para-hydroxylation sites is 3. The van der Waals surface area contributed by atoms with Gasteiger partial charge in [-0.05, 0) is 71.8 Å². The number of rotatable bonds is 6. The number of hydrogen-bond donors (Lipinski definition) is 0. The van der Waals surface area contributed by atoms with E-state index < -0.39 is 0 Å². The molecule has 63 heavy (non-hydrogen) atoms. The van der Waals surface area contributed by atoms with E-state index in [-0.39, 0.29) is 0 Å². The van der Waals surface area contributed by atoms with Crippen LogP contribution in [0.25, 0.3) is 120 Å². The van der Waals surface area contributed by atoms with Crippen LogP contribution < -0.4 is 0 Å². The highest BCUT2D eigenvalue weighted by atomic mass is 32.1. The van der Waals surface area contributed by atoms with Crippen molar-refractivity contribution in [2.24, 2.45) is 0 Å². The van der Waals surface area contributed by atoms with E-state index in [1.807, 2.05) is 72.0 Å². The van der Waals surface area contributed by atoms with Crippen molar-refractivity contribution in [3.8, 4) is 56.7 Å². The third-order valence-electron chi connectivity index (χ3n) is 12.4. The second-order valence-corrected chi connectivity index (χ2v) is 17.1. The van der Waals surface area contributed by atoms with Gasteiger partial charge in [-0.15, -0.1) is 11.3 Å². The van der Waals surface area contributed by atoms with Crippen LogP contribution in [0.1, 0.15) is 0 Å². The molecular weight excluding hydrogens is 787 g/mol. The molecule has 0 aliphatic rings. The van der Waals surface area contributed by atoms with Gasteiger partial charge in [0.25, 0.3) is 0 Å². The predicted octanol–water partition coefficient (Wildman–Crippen LogP) is 15.1. The van der Waals surface area contributed by atoms with Gasteiger partial charge < -0.3 is 9.13 Å². The second kappa shape index (κ2) is 14.2. The molecule has 0 aliphatic carbocycles. The lowest BCUT2D eigenvalue weighted by Crippen LogP contribution is -1.99. The molecule has 0 unspecified atom stereocenters. The molecule has 0 fully saturated rings. The molecule has 0 spiro atoms. The molecule has 0 N–H and O–H groups in total. The second-order valence-electron chi connectivity index (χ2n) is 16.0. The Balaban J connectivity index is 0.924. The molecule has 0 bridgehead atoms. The first-order valence-corrected chi connectivity index (χ1v) is 22.0. The number of benzene rings is 9. The molecule has 4 heterocycles. The third-order valence-corrected chi connectivity index (χ3v) is 13.5. The highest BCUT2D eigenvalue weighted by Gasteiger charge is 2.18. The highest BCUT2D eigenvalue weighted by Crippen LogP contribution is 2.41. The molecule has 0 radical (unpaired) electrons. The third kappa shape index (κ3) is 5.80. The van der Waals surface area contributed by atoms with E-state index in [1.54, 1.807) is 0 Å². The maximum Gasteiger partial charge on any atom is 0.164 e. The van der Waals surface area contributed by atoms with Crippen molar-refractivity contribution in [3.63, 3.8) is 0 Å². The number of fused-ring (bicyclic) bond motifs is 9. The molecule has 0 saturated carbocycles. The standard InChI is InChI=1S/C57H35N5S/c1-4-14-36(15-5-1)55-58-56(37-16-6-2-7-17-37)60-57(59-55)40-26-30-47-46-29-25-39(33-53(46)63-54(47)34-40)38-24-28-45-43-20-10-12-22-49(43)62(52(45)32-38)42-27-31-51-48(35-42)44-21-11-13-23-50(44)61(51)41-18-8-3-9-19-41/h1-35H. The first-order chi connectivity index (χ1) is 31.2. The first kappa shape index (κ1) is 35.6. The van der Waals surface area contributed by atoms with Gasteiger partial charge in [0.15, 0.2) is 17.5 Å². The van der Waals surface area contributed by atoms with Gasteiger partial charge >= 0.3 is 0 Å². The molecule has 5 nitrogen and oxygen atoms in total. The quantitative estimate of drug-likeness (QED) is 0.168. The van der Waals surface area contributed by atoms with Gasteiger partial charge in [0, 0.05) is 69.8 Å². The van der Waals surface area contributed by atoms with Crippen LogP contribution in [0.5, 0.6) is 0 Å². The van der Waals surface area contributed by atoms with Gasteiger partial charge in [-0.1, -0.05) is 152 Å². The predicted molar refractivity (Wildman–Crippen MR) is 263 cm³/mol. The summed E-state index contributed by atoms with van der Waals surface area (Å²) in [5.41, 5.74) is 12.3. The highest BCUT2D eigenvalue weighted by molar-refractivity contribution is 7.25. The Labute approximate surface area is 366 Å². The fourth-order valence-corrected chi connectivity index (χ4v) is 10.6. The Morgan fingerprint density at radius 3 is 1.35 bits per heavy atom. The Kier molecular flexibility index (Phi) is 8.01. The number of aromatic nitrogens is 5. The maximum atomic E-state index is 5.00. The van der Waals surface area contributed by atoms with Crippen molar-refractivity contribution in [1.82, 2.24) is 24.1 Å². The summed E-state index contributed by atoms with van der Waals surface area (Å²) in [5, 5.41) is 7.42. The zero-order valence-electron chi connectivity index (χ0n) is 33.9. The van der Waals surface area contributed by atoms with Crippen molar-refractivity contribution >= 4 is 75.1 Å². The molecule has 0 amide bonds. The molecule has 13 aromatic rings. The maximum absolute atomic E-state index is 5.00. The van der Waals surface area contributed by atoms with E-state index in [4.69, 9.17) is 15.0 Å². The lowest BCUT2D eigenvalue weighted by Gasteiger charge is -2.11.